The minimum absolute atomic E-state index is 0.620. The molecule has 1 unspecified atom stereocenters. The Morgan fingerprint density at radius 2 is 2.44 bits per heavy atom. The molecule has 0 saturated carbocycles. The predicted octanol–water partition coefficient (Wildman–Crippen LogP) is 1.85. The third kappa shape index (κ3) is 2.53. The number of nitrogens with one attached hydrogen (secondary N) is 1. The van der Waals surface area contributed by atoms with Crippen LogP contribution in [0.3, 0.4) is 0 Å². The largest absolute Gasteiger partial charge is 0.493 e. The monoisotopic (exact) mass is 216 g/mol. The van der Waals surface area contributed by atoms with Gasteiger partial charge >= 0.3 is 0 Å². The molecule has 0 radical (unpaired) electrons. The van der Waals surface area contributed by atoms with Crippen LogP contribution in [-0.4, -0.2) is 19.7 Å². The van der Waals surface area contributed by atoms with Gasteiger partial charge in [0.2, 0.25) is 0 Å². The fourth-order valence-corrected chi connectivity index (χ4v) is 1.95. The molecule has 0 aromatic heterocycles. The SMILES string of the molecule is Cc1cc(C#N)ccc1OCC1CCNC1. The Kier molecular flexibility index (Phi) is 3.43. The maximum absolute atomic E-state index is 8.76. The molecule has 84 valence electrons. The fourth-order valence-electron chi connectivity index (χ4n) is 1.95. The quantitative estimate of drug-likeness (QED) is 0.838. The zero-order valence-electron chi connectivity index (χ0n) is 9.49. The van der Waals surface area contributed by atoms with Crippen LogP contribution in [0.1, 0.15) is 17.5 Å². The molecule has 0 bridgehead atoms. The Hall–Kier alpha value is -1.53. The second kappa shape index (κ2) is 5.00. The van der Waals surface area contributed by atoms with Crippen LogP contribution in [0.15, 0.2) is 18.2 Å². The zero-order valence-corrected chi connectivity index (χ0v) is 9.49. The van der Waals surface area contributed by atoms with E-state index in [-0.39, 0.29) is 0 Å². The van der Waals surface area contributed by atoms with Gasteiger partial charge in [-0.2, -0.15) is 5.26 Å². The highest BCUT2D eigenvalue weighted by molar-refractivity contribution is 5.41. The van der Waals surface area contributed by atoms with E-state index < -0.39 is 0 Å². The van der Waals surface area contributed by atoms with Crippen LogP contribution >= 0.6 is 0 Å². The lowest BCUT2D eigenvalue weighted by atomic mass is 10.1. The van der Waals surface area contributed by atoms with Crippen molar-refractivity contribution < 1.29 is 4.74 Å². The van der Waals surface area contributed by atoms with Crippen molar-refractivity contribution in [3.63, 3.8) is 0 Å². The maximum atomic E-state index is 8.76. The summed E-state index contributed by atoms with van der Waals surface area (Å²) in [6.07, 6.45) is 1.19. The van der Waals surface area contributed by atoms with Crippen LogP contribution in [-0.2, 0) is 0 Å². The number of nitrogens with zero attached hydrogens (tertiary/aromatic N) is 1. The van der Waals surface area contributed by atoms with Gasteiger partial charge < -0.3 is 10.1 Å². The van der Waals surface area contributed by atoms with Crippen molar-refractivity contribution in [2.24, 2.45) is 5.92 Å². The highest BCUT2D eigenvalue weighted by Gasteiger charge is 2.15. The van der Waals surface area contributed by atoms with Gasteiger partial charge in [0.05, 0.1) is 18.2 Å². The predicted molar refractivity (Wildman–Crippen MR) is 62.4 cm³/mol. The summed E-state index contributed by atoms with van der Waals surface area (Å²) in [6, 6.07) is 7.68. The number of hydrogen-bond donors (Lipinski definition) is 1. The van der Waals surface area contributed by atoms with Crippen LogP contribution in [0.4, 0.5) is 0 Å². The van der Waals surface area contributed by atoms with E-state index in [1.807, 2.05) is 19.1 Å². The van der Waals surface area contributed by atoms with Crippen LogP contribution in [0.5, 0.6) is 5.75 Å². The van der Waals surface area contributed by atoms with Crippen molar-refractivity contribution >= 4 is 0 Å². The molecule has 1 N–H and O–H groups in total. The lowest BCUT2D eigenvalue weighted by molar-refractivity contribution is 0.258. The van der Waals surface area contributed by atoms with Gasteiger partial charge in [0.1, 0.15) is 5.75 Å². The summed E-state index contributed by atoms with van der Waals surface area (Å²) < 4.78 is 5.77. The third-order valence-electron chi connectivity index (χ3n) is 2.94. The molecule has 0 spiro atoms. The Balaban J connectivity index is 1.96. The molecule has 1 aromatic carbocycles. The molecular formula is C13H16N2O. The van der Waals surface area contributed by atoms with Crippen LogP contribution < -0.4 is 10.1 Å². The van der Waals surface area contributed by atoms with Crippen molar-refractivity contribution in [3.8, 4) is 11.8 Å². The third-order valence-corrected chi connectivity index (χ3v) is 2.94. The first-order chi connectivity index (χ1) is 7.79. The number of aryl methyl sites for hydroxylation is 1. The summed E-state index contributed by atoms with van der Waals surface area (Å²) in [5.74, 6) is 1.51. The molecule has 1 saturated heterocycles. The smallest absolute Gasteiger partial charge is 0.122 e. The van der Waals surface area contributed by atoms with Gasteiger partial charge in [0, 0.05) is 12.5 Å². The molecular weight excluding hydrogens is 200 g/mol. The molecule has 1 aromatic rings. The van der Waals surface area contributed by atoms with Crippen molar-refractivity contribution in [2.75, 3.05) is 19.7 Å². The lowest BCUT2D eigenvalue weighted by Gasteiger charge is -2.12. The van der Waals surface area contributed by atoms with Gasteiger partial charge in [-0.1, -0.05) is 0 Å². The summed E-state index contributed by atoms with van der Waals surface area (Å²) in [6.45, 7) is 4.89. The number of rotatable bonds is 3. The first-order valence-electron chi connectivity index (χ1n) is 5.64. The fraction of sp³-hybridized carbons (Fsp3) is 0.462. The summed E-state index contributed by atoms with van der Waals surface area (Å²) >= 11 is 0. The highest BCUT2D eigenvalue weighted by atomic mass is 16.5. The number of ether oxygens (including phenoxy) is 1. The van der Waals surface area contributed by atoms with Crippen molar-refractivity contribution in [3.05, 3.63) is 29.3 Å². The topological polar surface area (TPSA) is 45.0 Å². The standard InChI is InChI=1S/C13H16N2O/c1-10-6-11(7-14)2-3-13(10)16-9-12-4-5-15-8-12/h2-3,6,12,15H,4-5,8-9H2,1H3. The zero-order chi connectivity index (χ0) is 11.4. The molecule has 1 aliphatic rings. The summed E-state index contributed by atoms with van der Waals surface area (Å²) in [5.41, 5.74) is 1.72. The number of benzene rings is 1. The van der Waals surface area contributed by atoms with Gasteiger partial charge in [0.15, 0.2) is 0 Å². The Labute approximate surface area is 96.0 Å². The van der Waals surface area contributed by atoms with E-state index >= 15 is 0 Å². The Morgan fingerprint density at radius 1 is 1.56 bits per heavy atom. The number of nitriles is 1. The Morgan fingerprint density at radius 3 is 3.06 bits per heavy atom. The molecule has 1 atom stereocenters. The van der Waals surface area contributed by atoms with Gasteiger partial charge in [-0.25, -0.2) is 0 Å². The first-order valence-corrected chi connectivity index (χ1v) is 5.64. The van der Waals surface area contributed by atoms with Crippen LogP contribution in [0.2, 0.25) is 0 Å². The lowest BCUT2D eigenvalue weighted by Crippen LogP contribution is -2.15. The van der Waals surface area contributed by atoms with Crippen LogP contribution in [0, 0.1) is 24.2 Å². The first kappa shape index (κ1) is 11.0. The highest BCUT2D eigenvalue weighted by Crippen LogP contribution is 2.20. The maximum Gasteiger partial charge on any atom is 0.122 e. The van der Waals surface area contributed by atoms with E-state index in [2.05, 4.69) is 11.4 Å². The van der Waals surface area contributed by atoms with Gasteiger partial charge in [-0.05, 0) is 43.7 Å². The van der Waals surface area contributed by atoms with Gasteiger partial charge in [0.25, 0.3) is 0 Å². The van der Waals surface area contributed by atoms with E-state index in [0.717, 1.165) is 31.0 Å². The van der Waals surface area contributed by atoms with Crippen molar-refractivity contribution in [1.29, 1.82) is 5.26 Å². The van der Waals surface area contributed by atoms with Crippen molar-refractivity contribution in [2.45, 2.75) is 13.3 Å². The van der Waals surface area contributed by atoms with Gasteiger partial charge in [-0.15, -0.1) is 0 Å². The summed E-state index contributed by atoms with van der Waals surface area (Å²) in [7, 11) is 0. The van der Waals surface area contributed by atoms with E-state index in [1.165, 1.54) is 6.42 Å². The molecule has 2 rings (SSSR count). The molecule has 1 heterocycles. The molecule has 1 fully saturated rings. The molecule has 16 heavy (non-hydrogen) atoms. The van der Waals surface area contributed by atoms with Gasteiger partial charge in [-0.3, -0.25) is 0 Å². The molecule has 3 nitrogen and oxygen atoms in total. The number of hydrogen-bond acceptors (Lipinski definition) is 3. The average Bonchev–Trinajstić information content (AvgIpc) is 2.80. The second-order valence-corrected chi connectivity index (χ2v) is 4.26. The molecule has 0 amide bonds. The minimum Gasteiger partial charge on any atom is -0.493 e. The van der Waals surface area contributed by atoms with Crippen LogP contribution in [0.25, 0.3) is 0 Å². The minimum atomic E-state index is 0.620. The second-order valence-electron chi connectivity index (χ2n) is 4.26. The molecule has 0 aliphatic carbocycles. The summed E-state index contributed by atoms with van der Waals surface area (Å²) in [4.78, 5) is 0. The van der Waals surface area contributed by atoms with E-state index in [4.69, 9.17) is 10.00 Å². The Bertz CT molecular complexity index is 403. The average molecular weight is 216 g/mol. The normalized spacial score (nSPS) is 19.4. The summed E-state index contributed by atoms with van der Waals surface area (Å²) in [5, 5.41) is 12.1. The van der Waals surface area contributed by atoms with E-state index in [1.54, 1.807) is 6.07 Å². The van der Waals surface area contributed by atoms with Crippen molar-refractivity contribution in [1.82, 2.24) is 5.32 Å². The molecule has 1 aliphatic heterocycles. The van der Waals surface area contributed by atoms with E-state index in [0.29, 0.717) is 11.5 Å². The van der Waals surface area contributed by atoms with E-state index in [9.17, 15) is 0 Å². The molecule has 3 heteroatoms.